The number of carbonyl (C=O) groups excluding carboxylic acids is 2. The number of aromatic nitrogens is 2. The molecule has 158 valence electrons. The lowest BCUT2D eigenvalue weighted by molar-refractivity contribution is 0.0526. The molecule has 0 aliphatic rings. The topological polar surface area (TPSA) is 111 Å². The van der Waals surface area contributed by atoms with Gasteiger partial charge in [0.1, 0.15) is 10.8 Å². The lowest BCUT2D eigenvalue weighted by atomic mass is 10.1. The number of esters is 1. The SMILES string of the molecule is CCOC(=O)c1c(-c2nc3ccccc3s2)c(N)n(NC(=O)Nc2ccccc2)c1C. The molecule has 0 saturated carbocycles. The van der Waals surface area contributed by atoms with E-state index >= 15 is 0 Å². The number of rotatable bonds is 5. The standard InChI is InChI=1S/C22H21N5O3S/c1-3-30-21(28)17-13(2)27(26-22(29)24-14-9-5-4-6-10-14)19(23)18(17)20-25-15-11-7-8-12-16(15)31-20/h4-12H,3,23H2,1-2H3,(H2,24,26,29). The van der Waals surface area contributed by atoms with Gasteiger partial charge in [-0.15, -0.1) is 11.3 Å². The number of para-hydroxylation sites is 2. The van der Waals surface area contributed by atoms with Gasteiger partial charge in [0.25, 0.3) is 0 Å². The van der Waals surface area contributed by atoms with Crippen LogP contribution in [0.2, 0.25) is 0 Å². The number of hydrogen-bond acceptors (Lipinski definition) is 6. The van der Waals surface area contributed by atoms with Crippen LogP contribution in [0, 0.1) is 6.92 Å². The summed E-state index contributed by atoms with van der Waals surface area (Å²) >= 11 is 1.42. The fourth-order valence-electron chi connectivity index (χ4n) is 3.29. The van der Waals surface area contributed by atoms with Gasteiger partial charge < -0.3 is 15.8 Å². The maximum Gasteiger partial charge on any atom is 0.340 e. The maximum absolute atomic E-state index is 12.8. The minimum absolute atomic E-state index is 0.197. The molecule has 0 radical (unpaired) electrons. The molecule has 0 fully saturated rings. The minimum atomic E-state index is -0.523. The van der Waals surface area contributed by atoms with Crippen LogP contribution >= 0.6 is 11.3 Å². The van der Waals surface area contributed by atoms with Crippen molar-refractivity contribution in [2.75, 3.05) is 23.1 Å². The van der Waals surface area contributed by atoms with Gasteiger partial charge in [0, 0.05) is 5.69 Å². The van der Waals surface area contributed by atoms with E-state index in [1.165, 1.54) is 16.0 Å². The highest BCUT2D eigenvalue weighted by Crippen LogP contribution is 2.39. The number of urea groups is 1. The molecule has 4 rings (SSSR count). The Kier molecular flexibility index (Phi) is 5.59. The molecule has 0 unspecified atom stereocenters. The van der Waals surface area contributed by atoms with E-state index in [4.69, 9.17) is 10.5 Å². The van der Waals surface area contributed by atoms with Gasteiger partial charge in [-0.05, 0) is 38.1 Å². The molecule has 4 aromatic rings. The molecule has 8 nitrogen and oxygen atoms in total. The van der Waals surface area contributed by atoms with Crippen molar-refractivity contribution in [1.82, 2.24) is 9.66 Å². The van der Waals surface area contributed by atoms with E-state index in [2.05, 4.69) is 15.7 Å². The first kappa shape index (κ1) is 20.4. The zero-order chi connectivity index (χ0) is 22.0. The van der Waals surface area contributed by atoms with Crippen LogP contribution in [-0.4, -0.2) is 28.3 Å². The van der Waals surface area contributed by atoms with E-state index in [1.807, 2.05) is 42.5 Å². The number of nitrogens with one attached hydrogen (secondary N) is 2. The van der Waals surface area contributed by atoms with E-state index in [0.29, 0.717) is 22.0 Å². The number of fused-ring (bicyclic) bond motifs is 1. The van der Waals surface area contributed by atoms with Crippen molar-refractivity contribution in [3.05, 3.63) is 65.9 Å². The lowest BCUT2D eigenvalue weighted by Gasteiger charge is -2.12. The van der Waals surface area contributed by atoms with Crippen LogP contribution in [0.15, 0.2) is 54.6 Å². The molecule has 2 aromatic carbocycles. The van der Waals surface area contributed by atoms with Crippen molar-refractivity contribution >= 4 is 45.1 Å². The molecular weight excluding hydrogens is 414 g/mol. The van der Waals surface area contributed by atoms with Crippen LogP contribution < -0.4 is 16.5 Å². The van der Waals surface area contributed by atoms with Crippen LogP contribution in [0.4, 0.5) is 16.3 Å². The predicted octanol–water partition coefficient (Wildman–Crippen LogP) is 4.61. The first-order chi connectivity index (χ1) is 15.0. The summed E-state index contributed by atoms with van der Waals surface area (Å²) in [6.45, 7) is 3.64. The molecule has 0 saturated heterocycles. The summed E-state index contributed by atoms with van der Waals surface area (Å²) in [6.07, 6.45) is 0. The second-order valence-corrected chi connectivity index (χ2v) is 7.73. The molecule has 2 heterocycles. The lowest BCUT2D eigenvalue weighted by Crippen LogP contribution is -2.29. The number of benzene rings is 2. The first-order valence-corrected chi connectivity index (χ1v) is 10.5. The summed E-state index contributed by atoms with van der Waals surface area (Å²) in [5.74, 6) is -0.326. The van der Waals surface area contributed by atoms with Crippen molar-refractivity contribution in [3.63, 3.8) is 0 Å². The minimum Gasteiger partial charge on any atom is -0.462 e. The quantitative estimate of drug-likeness (QED) is 0.397. The van der Waals surface area contributed by atoms with E-state index in [-0.39, 0.29) is 18.0 Å². The highest BCUT2D eigenvalue weighted by Gasteiger charge is 2.28. The number of nitrogen functional groups attached to an aromatic ring is 1. The second kappa shape index (κ2) is 8.49. The molecule has 4 N–H and O–H groups in total. The average Bonchev–Trinajstić information content (AvgIpc) is 3.28. The van der Waals surface area contributed by atoms with Gasteiger partial charge in [-0.3, -0.25) is 0 Å². The fourth-order valence-corrected chi connectivity index (χ4v) is 4.31. The summed E-state index contributed by atoms with van der Waals surface area (Å²) in [5.41, 5.74) is 11.7. The van der Waals surface area contributed by atoms with Crippen LogP contribution in [0.5, 0.6) is 0 Å². The molecule has 0 spiro atoms. The van der Waals surface area contributed by atoms with Gasteiger partial charge in [0.05, 0.1) is 33.6 Å². The van der Waals surface area contributed by atoms with E-state index in [0.717, 1.165) is 10.2 Å². The van der Waals surface area contributed by atoms with Gasteiger partial charge in [-0.25, -0.2) is 24.7 Å². The number of anilines is 2. The second-order valence-electron chi connectivity index (χ2n) is 6.70. The summed E-state index contributed by atoms with van der Waals surface area (Å²) in [4.78, 5) is 30.0. The van der Waals surface area contributed by atoms with Gasteiger partial charge in [0.15, 0.2) is 0 Å². The smallest absolute Gasteiger partial charge is 0.340 e. The monoisotopic (exact) mass is 435 g/mol. The molecule has 2 aromatic heterocycles. The molecule has 0 aliphatic carbocycles. The Balaban J connectivity index is 1.77. The maximum atomic E-state index is 12.8. The van der Waals surface area contributed by atoms with E-state index < -0.39 is 12.0 Å². The Morgan fingerprint density at radius 1 is 1.13 bits per heavy atom. The number of nitrogens with two attached hydrogens (primary N) is 1. The predicted molar refractivity (Wildman–Crippen MR) is 123 cm³/mol. The largest absolute Gasteiger partial charge is 0.462 e. The zero-order valence-electron chi connectivity index (χ0n) is 17.0. The number of nitrogens with zero attached hydrogens (tertiary/aromatic N) is 2. The zero-order valence-corrected chi connectivity index (χ0v) is 17.8. The van der Waals surface area contributed by atoms with Crippen LogP contribution in [0.1, 0.15) is 23.0 Å². The van der Waals surface area contributed by atoms with Crippen LogP contribution in [-0.2, 0) is 4.74 Å². The number of hydrogen-bond donors (Lipinski definition) is 3. The highest BCUT2D eigenvalue weighted by molar-refractivity contribution is 7.21. The molecule has 0 atom stereocenters. The average molecular weight is 436 g/mol. The number of thiazole rings is 1. The molecular formula is C22H21N5O3S. The third-order valence-corrected chi connectivity index (χ3v) is 5.73. The highest BCUT2D eigenvalue weighted by atomic mass is 32.1. The Morgan fingerprint density at radius 3 is 2.55 bits per heavy atom. The summed E-state index contributed by atoms with van der Waals surface area (Å²) in [7, 11) is 0. The summed E-state index contributed by atoms with van der Waals surface area (Å²) in [6, 6.07) is 16.2. The summed E-state index contributed by atoms with van der Waals surface area (Å²) in [5, 5.41) is 3.31. The third kappa shape index (κ3) is 3.95. The van der Waals surface area contributed by atoms with Gasteiger partial charge >= 0.3 is 12.0 Å². The molecule has 0 bridgehead atoms. The Morgan fingerprint density at radius 2 is 1.84 bits per heavy atom. The van der Waals surface area contributed by atoms with E-state index in [1.54, 1.807) is 26.0 Å². The molecule has 31 heavy (non-hydrogen) atoms. The van der Waals surface area contributed by atoms with Gasteiger partial charge in [-0.2, -0.15) is 0 Å². The van der Waals surface area contributed by atoms with Crippen molar-refractivity contribution in [3.8, 4) is 10.6 Å². The molecule has 2 amide bonds. The van der Waals surface area contributed by atoms with Crippen molar-refractivity contribution in [2.24, 2.45) is 0 Å². The molecule has 0 aliphatic heterocycles. The van der Waals surface area contributed by atoms with Crippen LogP contribution in [0.3, 0.4) is 0 Å². The number of carbonyl (C=O) groups is 2. The van der Waals surface area contributed by atoms with Crippen LogP contribution in [0.25, 0.3) is 20.8 Å². The van der Waals surface area contributed by atoms with Crippen molar-refractivity contribution < 1.29 is 14.3 Å². The Bertz CT molecular complexity index is 1230. The number of amides is 2. The Hall–Kier alpha value is -3.85. The molecule has 9 heteroatoms. The fraction of sp³-hybridized carbons (Fsp3) is 0.136. The van der Waals surface area contributed by atoms with Crippen molar-refractivity contribution in [1.29, 1.82) is 0 Å². The van der Waals surface area contributed by atoms with E-state index in [9.17, 15) is 9.59 Å². The summed E-state index contributed by atoms with van der Waals surface area (Å²) < 4.78 is 7.60. The number of ether oxygens (including phenoxy) is 1. The Labute approximate surface area is 182 Å². The first-order valence-electron chi connectivity index (χ1n) is 9.66. The normalized spacial score (nSPS) is 10.8. The van der Waals surface area contributed by atoms with Gasteiger partial charge in [-0.1, -0.05) is 30.3 Å². The van der Waals surface area contributed by atoms with Gasteiger partial charge in [0.2, 0.25) is 0 Å². The van der Waals surface area contributed by atoms with Crippen molar-refractivity contribution in [2.45, 2.75) is 13.8 Å². The third-order valence-electron chi connectivity index (χ3n) is 4.68.